The second-order valence-electron chi connectivity index (χ2n) is 7.83. The van der Waals surface area contributed by atoms with Crippen LogP contribution in [0, 0.1) is 5.92 Å². The molecule has 29 heavy (non-hydrogen) atoms. The highest BCUT2D eigenvalue weighted by Crippen LogP contribution is 2.33. The number of piperidine rings is 1. The van der Waals surface area contributed by atoms with Gasteiger partial charge in [0.25, 0.3) is 5.56 Å². The van der Waals surface area contributed by atoms with Crippen molar-refractivity contribution in [3.05, 3.63) is 26.6 Å². The summed E-state index contributed by atoms with van der Waals surface area (Å²) >= 11 is 1.62. The minimum atomic E-state index is -0.237. The van der Waals surface area contributed by atoms with Crippen molar-refractivity contribution >= 4 is 33.4 Å². The molecule has 2 aromatic heterocycles. The van der Waals surface area contributed by atoms with E-state index in [2.05, 4.69) is 9.97 Å². The summed E-state index contributed by atoms with van der Waals surface area (Å²) < 4.78 is 5.10. The quantitative estimate of drug-likeness (QED) is 0.755. The van der Waals surface area contributed by atoms with Crippen LogP contribution in [0.5, 0.6) is 0 Å². The first-order chi connectivity index (χ1) is 14.1. The number of amides is 1. The number of H-pyrrole nitrogens is 1. The largest absolute Gasteiger partial charge is 0.466 e. The Balaban J connectivity index is 1.42. The molecule has 0 unspecified atom stereocenters. The zero-order valence-corrected chi connectivity index (χ0v) is 17.6. The molecule has 0 saturated carbocycles. The van der Waals surface area contributed by atoms with Crippen LogP contribution in [0.25, 0.3) is 10.2 Å². The molecule has 3 heterocycles. The first kappa shape index (κ1) is 20.1. The van der Waals surface area contributed by atoms with Crippen molar-refractivity contribution in [2.75, 3.05) is 19.7 Å². The fourth-order valence-electron chi connectivity index (χ4n) is 4.37. The Hall–Kier alpha value is -2.22. The molecule has 1 fully saturated rings. The number of nitrogens with zero attached hydrogens (tertiary/aromatic N) is 2. The number of thiophene rings is 1. The van der Waals surface area contributed by atoms with Crippen molar-refractivity contribution in [2.45, 2.75) is 58.3 Å². The molecule has 156 valence electrons. The highest BCUT2D eigenvalue weighted by molar-refractivity contribution is 7.18. The Morgan fingerprint density at radius 1 is 1.28 bits per heavy atom. The Bertz CT molecular complexity index is 980. The zero-order valence-electron chi connectivity index (χ0n) is 16.8. The molecule has 0 aromatic carbocycles. The minimum absolute atomic E-state index is 0.00721. The number of nitrogens with one attached hydrogen (secondary N) is 1. The first-order valence-electron chi connectivity index (χ1n) is 10.5. The predicted molar refractivity (Wildman–Crippen MR) is 111 cm³/mol. The lowest BCUT2D eigenvalue weighted by atomic mass is 9.97. The van der Waals surface area contributed by atoms with Gasteiger partial charge in [-0.05, 0) is 51.0 Å². The van der Waals surface area contributed by atoms with Crippen LogP contribution in [0.4, 0.5) is 0 Å². The van der Waals surface area contributed by atoms with Crippen molar-refractivity contribution in [3.63, 3.8) is 0 Å². The van der Waals surface area contributed by atoms with Crippen LogP contribution in [-0.2, 0) is 33.6 Å². The molecule has 0 radical (unpaired) electrons. The fraction of sp³-hybridized carbons (Fsp3) is 0.619. The van der Waals surface area contributed by atoms with Gasteiger partial charge in [0, 0.05) is 30.8 Å². The van der Waals surface area contributed by atoms with Crippen LogP contribution in [-0.4, -0.2) is 46.4 Å². The second kappa shape index (κ2) is 8.65. The van der Waals surface area contributed by atoms with Gasteiger partial charge < -0.3 is 14.6 Å². The monoisotopic (exact) mass is 417 g/mol. The van der Waals surface area contributed by atoms with Crippen molar-refractivity contribution in [3.8, 4) is 0 Å². The van der Waals surface area contributed by atoms with Crippen LogP contribution in [0.2, 0.25) is 0 Å². The number of likely N-dealkylation sites (tertiary alicyclic amines) is 1. The molecule has 2 aliphatic rings. The lowest BCUT2D eigenvalue weighted by Gasteiger charge is -2.31. The van der Waals surface area contributed by atoms with Gasteiger partial charge in [-0.15, -0.1) is 11.3 Å². The van der Waals surface area contributed by atoms with Crippen LogP contribution in [0.3, 0.4) is 0 Å². The summed E-state index contributed by atoms with van der Waals surface area (Å²) in [5.41, 5.74) is 1.09. The summed E-state index contributed by atoms with van der Waals surface area (Å²) in [6.07, 6.45) is 6.50. The molecular formula is C21H27N3O4S. The molecule has 1 aliphatic heterocycles. The Morgan fingerprint density at radius 3 is 2.93 bits per heavy atom. The number of carbonyl (C=O) groups is 2. The van der Waals surface area contributed by atoms with Crippen LogP contribution in [0.1, 0.15) is 55.3 Å². The van der Waals surface area contributed by atoms with E-state index in [0.717, 1.165) is 42.3 Å². The highest BCUT2D eigenvalue weighted by atomic mass is 32.1. The second-order valence-corrected chi connectivity index (χ2v) is 8.92. The van der Waals surface area contributed by atoms with E-state index in [1.165, 1.54) is 16.9 Å². The molecule has 1 saturated heterocycles. The molecule has 8 heteroatoms. The van der Waals surface area contributed by atoms with Crippen LogP contribution >= 0.6 is 11.3 Å². The van der Waals surface area contributed by atoms with E-state index in [1.54, 1.807) is 23.2 Å². The van der Waals surface area contributed by atoms with E-state index in [9.17, 15) is 14.4 Å². The van der Waals surface area contributed by atoms with Crippen LogP contribution < -0.4 is 5.56 Å². The van der Waals surface area contributed by atoms with E-state index in [-0.39, 0.29) is 29.8 Å². The van der Waals surface area contributed by atoms with Gasteiger partial charge in [-0.2, -0.15) is 0 Å². The molecule has 1 amide bonds. The number of hydrogen-bond acceptors (Lipinski definition) is 6. The first-order valence-corrected chi connectivity index (χ1v) is 11.4. The number of rotatable bonds is 5. The normalized spacial score (nSPS) is 19.2. The molecule has 2 aromatic rings. The van der Waals surface area contributed by atoms with Crippen molar-refractivity contribution < 1.29 is 14.3 Å². The average Bonchev–Trinajstić information content (AvgIpc) is 3.11. The van der Waals surface area contributed by atoms with Gasteiger partial charge in [0.05, 0.1) is 17.9 Å². The number of carbonyl (C=O) groups excluding carboxylic acids is 2. The number of aromatic amines is 1. The summed E-state index contributed by atoms with van der Waals surface area (Å²) in [7, 11) is 0. The predicted octanol–water partition coefficient (Wildman–Crippen LogP) is 2.60. The molecule has 0 bridgehead atoms. The topological polar surface area (TPSA) is 92.4 Å². The SMILES string of the molecule is CCOC(=O)[C@@H]1CCCN(C(=O)CCc2nc3sc4c(c3c(=O)[nH]2)CCCC4)C1. The molecule has 1 aliphatic carbocycles. The molecule has 0 spiro atoms. The van der Waals surface area contributed by atoms with Gasteiger partial charge in [-0.25, -0.2) is 4.98 Å². The molecule has 1 N–H and O–H groups in total. The number of aryl methyl sites for hydroxylation is 3. The lowest BCUT2D eigenvalue weighted by Crippen LogP contribution is -2.43. The van der Waals surface area contributed by atoms with Gasteiger partial charge in [0.2, 0.25) is 5.91 Å². The van der Waals surface area contributed by atoms with Gasteiger partial charge >= 0.3 is 5.97 Å². The third-order valence-corrected chi connectivity index (χ3v) is 7.03. The maximum absolute atomic E-state index is 12.7. The van der Waals surface area contributed by atoms with Crippen molar-refractivity contribution in [2.24, 2.45) is 5.92 Å². The highest BCUT2D eigenvalue weighted by Gasteiger charge is 2.29. The van der Waals surface area contributed by atoms with E-state index in [1.807, 2.05) is 0 Å². The van der Waals surface area contributed by atoms with Gasteiger partial charge in [0.1, 0.15) is 10.7 Å². The minimum Gasteiger partial charge on any atom is -0.466 e. The third-order valence-electron chi connectivity index (χ3n) is 5.84. The van der Waals surface area contributed by atoms with E-state index < -0.39 is 0 Å². The smallest absolute Gasteiger partial charge is 0.310 e. The average molecular weight is 418 g/mol. The third kappa shape index (κ3) is 4.22. The van der Waals surface area contributed by atoms with Crippen LogP contribution in [0.15, 0.2) is 4.79 Å². The summed E-state index contributed by atoms with van der Waals surface area (Å²) in [4.78, 5) is 48.6. The lowest BCUT2D eigenvalue weighted by molar-refractivity contribution is -0.151. The zero-order chi connectivity index (χ0) is 20.4. The Labute approximate surface area is 173 Å². The number of ether oxygens (including phenoxy) is 1. The summed E-state index contributed by atoms with van der Waals surface area (Å²) in [6.45, 7) is 3.23. The molecule has 7 nitrogen and oxygen atoms in total. The number of esters is 1. The maximum atomic E-state index is 12.7. The van der Waals surface area contributed by atoms with E-state index >= 15 is 0 Å². The van der Waals surface area contributed by atoms with Gasteiger partial charge in [0.15, 0.2) is 0 Å². The molecule has 4 rings (SSSR count). The van der Waals surface area contributed by atoms with Gasteiger partial charge in [-0.1, -0.05) is 0 Å². The van der Waals surface area contributed by atoms with E-state index in [4.69, 9.17) is 4.74 Å². The summed E-state index contributed by atoms with van der Waals surface area (Å²) in [6, 6.07) is 0. The standard InChI is InChI=1S/C21H27N3O4S/c1-2-28-21(27)13-6-5-11-24(12-13)17(25)10-9-16-22-19(26)18-14-7-3-4-8-15(14)29-20(18)23-16/h13H,2-12H2,1H3,(H,22,23,26)/t13-/m1/s1. The Kier molecular flexibility index (Phi) is 5.99. The van der Waals surface area contributed by atoms with Crippen molar-refractivity contribution in [1.82, 2.24) is 14.9 Å². The van der Waals surface area contributed by atoms with Crippen molar-refractivity contribution in [1.29, 1.82) is 0 Å². The molecular weight excluding hydrogens is 390 g/mol. The number of aromatic nitrogens is 2. The number of fused-ring (bicyclic) bond motifs is 3. The summed E-state index contributed by atoms with van der Waals surface area (Å²) in [5, 5.41) is 0.744. The van der Waals surface area contributed by atoms with Gasteiger partial charge in [-0.3, -0.25) is 14.4 Å². The van der Waals surface area contributed by atoms with E-state index in [0.29, 0.717) is 31.9 Å². The maximum Gasteiger partial charge on any atom is 0.310 e. The number of hydrogen-bond donors (Lipinski definition) is 1. The summed E-state index contributed by atoms with van der Waals surface area (Å²) in [5.74, 6) is 0.100. The molecule has 1 atom stereocenters. The fourth-order valence-corrected chi connectivity index (χ4v) is 5.65. The Morgan fingerprint density at radius 2 is 2.10 bits per heavy atom.